The van der Waals surface area contributed by atoms with Crippen LogP contribution in [-0.2, 0) is 7.05 Å². The maximum Gasteiger partial charge on any atom is 0.338 e. The Morgan fingerprint density at radius 3 is 2.22 bits per heavy atom. The number of rotatable bonds is 8. The van der Waals surface area contributed by atoms with Crippen molar-refractivity contribution in [3.05, 3.63) is 129 Å². The van der Waals surface area contributed by atoms with Gasteiger partial charge in [-0.1, -0.05) is 30.3 Å². The van der Waals surface area contributed by atoms with Crippen molar-refractivity contribution >= 4 is 11.8 Å². The minimum Gasteiger partial charge on any atom is -0.478 e. The first-order valence-corrected chi connectivity index (χ1v) is 11.4. The Morgan fingerprint density at radius 2 is 1.59 bits per heavy atom. The molecule has 4 rings (SSSR count). The van der Waals surface area contributed by atoms with Crippen LogP contribution in [0.1, 0.15) is 49.7 Å². The van der Waals surface area contributed by atoms with Crippen LogP contribution < -0.4 is 10.3 Å². The number of ketones is 1. The van der Waals surface area contributed by atoms with Crippen LogP contribution in [0.2, 0.25) is 0 Å². The van der Waals surface area contributed by atoms with Gasteiger partial charge in [-0.2, -0.15) is 0 Å². The number of Topliss-reactive ketones (excluding diaryl/α,β-unsaturated/α-hetero) is 1. The quantitative estimate of drug-likeness (QED) is 0.304. The van der Waals surface area contributed by atoms with Gasteiger partial charge >= 0.3 is 5.97 Å². The summed E-state index contributed by atoms with van der Waals surface area (Å²) in [6.45, 7) is 1.88. The van der Waals surface area contributed by atoms with Crippen molar-refractivity contribution in [3.8, 4) is 11.5 Å². The number of pyridine rings is 1. The molecule has 1 N–H and O–H groups in total. The van der Waals surface area contributed by atoms with Gasteiger partial charge in [-0.25, -0.2) is 13.6 Å². The third-order valence-electron chi connectivity index (χ3n) is 6.12. The predicted molar refractivity (Wildman–Crippen MR) is 133 cm³/mol. The number of nitrogens with zero attached hydrogens (tertiary/aromatic N) is 1. The number of carbonyl (C=O) groups is 2. The molecule has 0 bridgehead atoms. The van der Waals surface area contributed by atoms with Crippen LogP contribution in [0.15, 0.2) is 83.8 Å². The zero-order chi connectivity index (χ0) is 26.7. The largest absolute Gasteiger partial charge is 0.478 e. The number of ether oxygens (including phenoxy) is 1. The normalized spacial score (nSPS) is 11.7. The molecule has 0 aliphatic heterocycles. The molecule has 0 amide bonds. The van der Waals surface area contributed by atoms with E-state index in [2.05, 4.69) is 0 Å². The second kappa shape index (κ2) is 10.6. The van der Waals surface area contributed by atoms with E-state index in [1.807, 2.05) is 31.2 Å². The van der Waals surface area contributed by atoms with Crippen molar-refractivity contribution in [1.82, 2.24) is 4.57 Å². The van der Waals surface area contributed by atoms with Gasteiger partial charge in [0, 0.05) is 49.3 Å². The summed E-state index contributed by atoms with van der Waals surface area (Å²) in [6, 6.07) is 17.6. The molecule has 0 radical (unpaired) electrons. The number of carboxylic acids is 1. The molecule has 37 heavy (non-hydrogen) atoms. The highest BCUT2D eigenvalue weighted by Crippen LogP contribution is 2.35. The van der Waals surface area contributed by atoms with Gasteiger partial charge in [0.15, 0.2) is 5.78 Å². The van der Waals surface area contributed by atoms with E-state index in [4.69, 9.17) is 9.84 Å². The molecule has 0 saturated heterocycles. The van der Waals surface area contributed by atoms with Gasteiger partial charge in [0.05, 0.1) is 5.56 Å². The molecule has 188 valence electrons. The molecule has 1 aromatic heterocycles. The van der Waals surface area contributed by atoms with Crippen LogP contribution in [0.5, 0.6) is 11.5 Å². The predicted octanol–water partition coefficient (Wildman–Crippen LogP) is 5.87. The van der Waals surface area contributed by atoms with Crippen molar-refractivity contribution in [2.45, 2.75) is 19.3 Å². The average molecular weight is 504 g/mol. The highest BCUT2D eigenvalue weighted by Gasteiger charge is 2.24. The van der Waals surface area contributed by atoms with E-state index in [0.717, 1.165) is 29.3 Å². The molecule has 1 unspecified atom stereocenters. The second-order valence-electron chi connectivity index (χ2n) is 8.64. The average Bonchev–Trinajstić information content (AvgIpc) is 2.85. The zero-order valence-corrected chi connectivity index (χ0v) is 20.1. The molecule has 0 spiro atoms. The molecular formula is C29H23F2NO5. The molecule has 0 fully saturated rings. The Labute approximate surface area is 211 Å². The van der Waals surface area contributed by atoms with Crippen LogP contribution in [0.25, 0.3) is 0 Å². The number of hydrogen-bond donors (Lipinski definition) is 1. The Bertz CT molecular complexity index is 1560. The van der Waals surface area contributed by atoms with Gasteiger partial charge in [-0.15, -0.1) is 0 Å². The maximum atomic E-state index is 15.5. The first-order valence-electron chi connectivity index (χ1n) is 11.4. The third kappa shape index (κ3) is 5.64. The monoisotopic (exact) mass is 503 g/mol. The standard InChI is InChI=1S/C29H23F2NO5/c1-17-5-3-4-6-21(17)24(15-27(33)18-7-12-28(34)32(2)16-18)22-10-8-19(13-25(22)30)37-20-9-11-23(29(35)36)26(31)14-20/h3-14,16,24H,15H2,1-2H3,(H,35,36). The molecule has 1 atom stereocenters. The second-order valence-corrected chi connectivity index (χ2v) is 8.64. The molecular weight excluding hydrogens is 480 g/mol. The van der Waals surface area contributed by atoms with Crippen LogP contribution in [-0.4, -0.2) is 21.4 Å². The number of hydrogen-bond acceptors (Lipinski definition) is 4. The van der Waals surface area contributed by atoms with Crippen LogP contribution in [0.4, 0.5) is 8.78 Å². The Morgan fingerprint density at radius 1 is 0.919 bits per heavy atom. The lowest BCUT2D eigenvalue weighted by molar-refractivity contribution is 0.0691. The smallest absolute Gasteiger partial charge is 0.338 e. The molecule has 4 aromatic rings. The summed E-state index contributed by atoms with van der Waals surface area (Å²) in [6.07, 6.45) is 1.42. The number of aromatic nitrogens is 1. The van der Waals surface area contributed by atoms with E-state index in [1.54, 1.807) is 7.05 Å². The van der Waals surface area contributed by atoms with Crippen molar-refractivity contribution in [3.63, 3.8) is 0 Å². The van der Waals surface area contributed by atoms with E-state index in [-0.39, 0.29) is 34.8 Å². The highest BCUT2D eigenvalue weighted by atomic mass is 19.1. The summed E-state index contributed by atoms with van der Waals surface area (Å²) >= 11 is 0. The van der Waals surface area contributed by atoms with E-state index < -0.39 is 29.1 Å². The van der Waals surface area contributed by atoms with Gasteiger partial charge in [0.25, 0.3) is 0 Å². The molecule has 3 aromatic carbocycles. The summed E-state index contributed by atoms with van der Waals surface area (Å²) in [5, 5.41) is 8.97. The van der Waals surface area contributed by atoms with E-state index in [0.29, 0.717) is 5.56 Å². The summed E-state index contributed by atoms with van der Waals surface area (Å²) in [4.78, 5) is 35.9. The van der Waals surface area contributed by atoms with E-state index in [9.17, 15) is 18.8 Å². The van der Waals surface area contributed by atoms with Crippen molar-refractivity contribution in [2.24, 2.45) is 7.05 Å². The van der Waals surface area contributed by atoms with Crippen molar-refractivity contribution < 1.29 is 28.2 Å². The lowest BCUT2D eigenvalue weighted by Crippen LogP contribution is -2.18. The zero-order valence-electron chi connectivity index (χ0n) is 20.1. The Kier molecular flexibility index (Phi) is 7.29. The summed E-state index contributed by atoms with van der Waals surface area (Å²) in [7, 11) is 1.55. The summed E-state index contributed by atoms with van der Waals surface area (Å²) < 4.78 is 36.3. The Balaban J connectivity index is 1.66. The molecule has 0 aliphatic carbocycles. The minimum atomic E-state index is -1.41. The van der Waals surface area contributed by atoms with E-state index in [1.165, 1.54) is 41.1 Å². The number of carbonyl (C=O) groups excluding carboxylic acids is 1. The topological polar surface area (TPSA) is 85.6 Å². The van der Waals surface area contributed by atoms with Crippen LogP contribution >= 0.6 is 0 Å². The summed E-state index contributed by atoms with van der Waals surface area (Å²) in [5.41, 5.74) is 1.53. The lowest BCUT2D eigenvalue weighted by Gasteiger charge is -2.21. The van der Waals surface area contributed by atoms with Gasteiger partial charge in [-0.3, -0.25) is 9.59 Å². The molecule has 6 nitrogen and oxygen atoms in total. The fraction of sp³-hybridized carbons (Fsp3) is 0.138. The number of benzene rings is 3. The lowest BCUT2D eigenvalue weighted by atomic mass is 9.83. The SMILES string of the molecule is Cc1ccccc1C(CC(=O)c1ccc(=O)n(C)c1)c1ccc(Oc2ccc(C(=O)O)c(F)c2)cc1F. The van der Waals surface area contributed by atoms with Crippen LogP contribution in [0, 0.1) is 18.6 Å². The van der Waals surface area contributed by atoms with Crippen molar-refractivity contribution in [2.75, 3.05) is 0 Å². The first-order chi connectivity index (χ1) is 17.6. The molecule has 8 heteroatoms. The third-order valence-corrected chi connectivity index (χ3v) is 6.12. The fourth-order valence-electron chi connectivity index (χ4n) is 4.15. The molecule has 0 saturated carbocycles. The molecule has 0 aliphatic rings. The fourth-order valence-corrected chi connectivity index (χ4v) is 4.15. The van der Waals surface area contributed by atoms with Gasteiger partial charge in [0.2, 0.25) is 5.56 Å². The minimum absolute atomic E-state index is 0.00923. The summed E-state index contributed by atoms with van der Waals surface area (Å²) in [5.74, 6) is -3.79. The van der Waals surface area contributed by atoms with Gasteiger partial charge in [0.1, 0.15) is 23.1 Å². The number of aryl methyl sites for hydroxylation is 2. The van der Waals surface area contributed by atoms with Crippen molar-refractivity contribution in [1.29, 1.82) is 0 Å². The van der Waals surface area contributed by atoms with Crippen LogP contribution in [0.3, 0.4) is 0 Å². The van der Waals surface area contributed by atoms with Gasteiger partial charge in [-0.05, 0) is 47.9 Å². The highest BCUT2D eigenvalue weighted by molar-refractivity contribution is 5.96. The first kappa shape index (κ1) is 25.5. The molecule has 1 heterocycles. The number of aromatic carboxylic acids is 1. The number of carboxylic acid groups (broad SMARTS) is 1. The van der Waals surface area contributed by atoms with Gasteiger partial charge < -0.3 is 14.4 Å². The Hall–Kier alpha value is -4.59. The number of halogens is 2. The maximum absolute atomic E-state index is 15.5. The van der Waals surface area contributed by atoms with E-state index >= 15 is 4.39 Å².